The van der Waals surface area contributed by atoms with Crippen LogP contribution in [0, 0.1) is 22.7 Å². The van der Waals surface area contributed by atoms with E-state index < -0.39 is 0 Å². The van der Waals surface area contributed by atoms with Gasteiger partial charge in [-0.15, -0.1) is 0 Å². The molecule has 0 unspecified atom stereocenters. The molecule has 4 heteroatoms. The lowest BCUT2D eigenvalue weighted by Crippen LogP contribution is -1.93. The maximum Gasteiger partial charge on any atom is 0.150 e. The summed E-state index contributed by atoms with van der Waals surface area (Å²) in [6, 6.07) is 26.2. The third-order valence-electron chi connectivity index (χ3n) is 4.48. The Morgan fingerprint density at radius 3 is 1.66 bits per heavy atom. The van der Waals surface area contributed by atoms with Crippen molar-refractivity contribution in [1.82, 2.24) is 0 Å². The summed E-state index contributed by atoms with van der Waals surface area (Å²) in [6.07, 6.45) is 0.807. The third-order valence-corrected chi connectivity index (χ3v) is 4.48. The highest BCUT2D eigenvalue weighted by atomic mass is 16.5. The lowest BCUT2D eigenvalue weighted by atomic mass is 9.94. The fraction of sp³-hybridized carbons (Fsp3) is 0.0800. The second-order valence-corrected chi connectivity index (χ2v) is 6.25. The van der Waals surface area contributed by atoms with Gasteiger partial charge in [0.2, 0.25) is 0 Å². The van der Waals surface area contributed by atoms with Gasteiger partial charge in [0.1, 0.15) is 24.2 Å². The van der Waals surface area contributed by atoms with E-state index in [2.05, 4.69) is 12.1 Å². The van der Waals surface area contributed by atoms with Crippen molar-refractivity contribution >= 4 is 17.4 Å². The summed E-state index contributed by atoms with van der Waals surface area (Å²) in [4.78, 5) is 10.8. The minimum Gasteiger partial charge on any atom is -0.494 e. The highest BCUT2D eigenvalue weighted by molar-refractivity contribution is 6.02. The number of aldehydes is 1. The molecule has 0 spiro atoms. The first-order chi connectivity index (χ1) is 14.2. The normalized spacial score (nSPS) is 11.0. The lowest BCUT2D eigenvalue weighted by molar-refractivity contribution is 0.112. The van der Waals surface area contributed by atoms with Crippen LogP contribution >= 0.6 is 0 Å². The zero-order valence-corrected chi connectivity index (χ0v) is 15.9. The topological polar surface area (TPSA) is 73.9 Å². The van der Waals surface area contributed by atoms with E-state index in [9.17, 15) is 15.3 Å². The number of ether oxygens (including phenoxy) is 1. The average Bonchev–Trinajstić information content (AvgIpc) is 2.78. The summed E-state index contributed by atoms with van der Waals surface area (Å²) in [5, 5.41) is 19.4. The number of hydrogen-bond donors (Lipinski definition) is 0. The Morgan fingerprint density at radius 2 is 1.24 bits per heavy atom. The maximum absolute atomic E-state index is 10.8. The Hall–Kier alpha value is -4.15. The molecule has 140 valence electrons. The average molecular weight is 378 g/mol. The summed E-state index contributed by atoms with van der Waals surface area (Å²) in [7, 11) is 0. The monoisotopic (exact) mass is 378 g/mol. The Bertz CT molecular complexity index is 1110. The van der Waals surface area contributed by atoms with Crippen LogP contribution in [0.4, 0.5) is 0 Å². The van der Waals surface area contributed by atoms with Gasteiger partial charge in [-0.05, 0) is 53.4 Å². The molecule has 0 radical (unpaired) electrons. The number of rotatable bonds is 6. The van der Waals surface area contributed by atoms with Crippen LogP contribution in [0.1, 0.15) is 28.4 Å². The molecule has 0 heterocycles. The molecule has 0 aromatic heterocycles. The van der Waals surface area contributed by atoms with E-state index in [1.165, 1.54) is 0 Å². The van der Waals surface area contributed by atoms with Crippen molar-refractivity contribution in [2.24, 2.45) is 0 Å². The molecule has 4 nitrogen and oxygen atoms in total. The van der Waals surface area contributed by atoms with Crippen molar-refractivity contribution in [1.29, 1.82) is 10.5 Å². The SMILES string of the molecule is CCOc1ccc(/C(C#N)=C(\C#N)c2ccc(-c3ccc(C=O)cc3)cc2)cc1. The van der Waals surface area contributed by atoms with Gasteiger partial charge < -0.3 is 4.74 Å². The molecule has 0 bridgehead atoms. The fourth-order valence-corrected chi connectivity index (χ4v) is 3.00. The summed E-state index contributed by atoms with van der Waals surface area (Å²) >= 11 is 0. The molecule has 0 saturated carbocycles. The van der Waals surface area contributed by atoms with E-state index in [0.29, 0.717) is 34.4 Å². The van der Waals surface area contributed by atoms with Crippen molar-refractivity contribution in [3.63, 3.8) is 0 Å². The first-order valence-electron chi connectivity index (χ1n) is 9.14. The minimum absolute atomic E-state index is 0.318. The maximum atomic E-state index is 10.8. The van der Waals surface area contributed by atoms with E-state index in [0.717, 1.165) is 23.2 Å². The van der Waals surface area contributed by atoms with Crippen LogP contribution in [0.5, 0.6) is 5.75 Å². The summed E-state index contributed by atoms with van der Waals surface area (Å²) in [6.45, 7) is 2.47. The van der Waals surface area contributed by atoms with Gasteiger partial charge in [-0.3, -0.25) is 4.79 Å². The van der Waals surface area contributed by atoms with Gasteiger partial charge in [-0.1, -0.05) is 48.5 Å². The highest BCUT2D eigenvalue weighted by Gasteiger charge is 2.12. The van der Waals surface area contributed by atoms with Crippen molar-refractivity contribution in [2.75, 3.05) is 6.61 Å². The van der Waals surface area contributed by atoms with E-state index in [1.807, 2.05) is 43.3 Å². The van der Waals surface area contributed by atoms with E-state index in [4.69, 9.17) is 4.74 Å². The van der Waals surface area contributed by atoms with Gasteiger partial charge in [0.25, 0.3) is 0 Å². The number of benzene rings is 3. The number of carbonyl (C=O) groups excluding carboxylic acids is 1. The van der Waals surface area contributed by atoms with Crippen molar-refractivity contribution in [3.05, 3.63) is 89.5 Å². The molecule has 0 saturated heterocycles. The molecule has 3 rings (SSSR count). The largest absolute Gasteiger partial charge is 0.494 e. The van der Waals surface area contributed by atoms with Crippen LogP contribution in [0.3, 0.4) is 0 Å². The standard InChI is InChI=1S/C25H18N2O2/c1-2-29-23-13-11-22(12-14-23)25(16-27)24(15-26)21-9-7-20(8-10-21)19-5-3-18(17-28)4-6-19/h3-14,17H,2H2,1H3/b25-24+. The Kier molecular flexibility index (Phi) is 6.20. The number of hydrogen-bond acceptors (Lipinski definition) is 4. The Morgan fingerprint density at radius 1 is 0.793 bits per heavy atom. The first-order valence-corrected chi connectivity index (χ1v) is 9.14. The molecule has 0 N–H and O–H groups in total. The number of nitrogens with zero attached hydrogens (tertiary/aromatic N) is 2. The summed E-state index contributed by atoms with van der Waals surface area (Å²) in [5.41, 5.74) is 4.53. The molecule has 3 aromatic carbocycles. The van der Waals surface area contributed by atoms with Gasteiger partial charge in [0.15, 0.2) is 0 Å². The number of allylic oxidation sites excluding steroid dienone is 2. The van der Waals surface area contributed by atoms with Gasteiger partial charge in [0, 0.05) is 5.56 Å². The second kappa shape index (κ2) is 9.17. The highest BCUT2D eigenvalue weighted by Crippen LogP contribution is 2.29. The Balaban J connectivity index is 1.96. The second-order valence-electron chi connectivity index (χ2n) is 6.25. The van der Waals surface area contributed by atoms with Crippen LogP contribution in [0.25, 0.3) is 22.3 Å². The molecule has 0 aliphatic heterocycles. The van der Waals surface area contributed by atoms with Crippen LogP contribution in [-0.4, -0.2) is 12.9 Å². The quantitative estimate of drug-likeness (QED) is 0.321. The van der Waals surface area contributed by atoms with Crippen molar-refractivity contribution in [2.45, 2.75) is 6.92 Å². The van der Waals surface area contributed by atoms with Crippen LogP contribution in [0.15, 0.2) is 72.8 Å². The number of carbonyl (C=O) groups is 1. The van der Waals surface area contributed by atoms with Crippen LogP contribution in [0.2, 0.25) is 0 Å². The summed E-state index contributed by atoms with van der Waals surface area (Å²) in [5.74, 6) is 0.719. The molecular formula is C25H18N2O2. The minimum atomic E-state index is 0.318. The molecule has 0 atom stereocenters. The van der Waals surface area contributed by atoms with Gasteiger partial charge >= 0.3 is 0 Å². The Labute approximate surface area is 169 Å². The molecule has 0 fully saturated rings. The van der Waals surface area contributed by atoms with E-state index in [-0.39, 0.29) is 0 Å². The zero-order valence-electron chi connectivity index (χ0n) is 15.9. The van der Waals surface area contributed by atoms with Crippen LogP contribution < -0.4 is 4.74 Å². The third kappa shape index (κ3) is 4.40. The molecular weight excluding hydrogens is 360 g/mol. The smallest absolute Gasteiger partial charge is 0.150 e. The molecule has 0 amide bonds. The number of nitriles is 2. The molecule has 0 aliphatic carbocycles. The van der Waals surface area contributed by atoms with Gasteiger partial charge in [-0.2, -0.15) is 10.5 Å². The zero-order chi connectivity index (χ0) is 20.6. The molecule has 29 heavy (non-hydrogen) atoms. The molecule has 3 aromatic rings. The van der Waals surface area contributed by atoms with Crippen LogP contribution in [-0.2, 0) is 0 Å². The predicted octanol–water partition coefficient (Wildman–Crippen LogP) is 5.52. The van der Waals surface area contributed by atoms with E-state index >= 15 is 0 Å². The van der Waals surface area contributed by atoms with Gasteiger partial charge in [-0.25, -0.2) is 0 Å². The fourth-order valence-electron chi connectivity index (χ4n) is 3.00. The van der Waals surface area contributed by atoms with Crippen molar-refractivity contribution < 1.29 is 9.53 Å². The predicted molar refractivity (Wildman–Crippen MR) is 113 cm³/mol. The van der Waals surface area contributed by atoms with E-state index in [1.54, 1.807) is 36.4 Å². The summed E-state index contributed by atoms with van der Waals surface area (Å²) < 4.78 is 5.43. The first kappa shape index (κ1) is 19.6. The van der Waals surface area contributed by atoms with Crippen molar-refractivity contribution in [3.8, 4) is 29.0 Å². The molecule has 0 aliphatic rings. The lowest BCUT2D eigenvalue weighted by Gasteiger charge is -2.08. The van der Waals surface area contributed by atoms with Gasteiger partial charge in [0.05, 0.1) is 17.8 Å².